The number of hydrogen-bond donors (Lipinski definition) is 2. The normalized spacial score (nSPS) is 10.7. The van der Waals surface area contributed by atoms with Crippen molar-refractivity contribution in [3.05, 3.63) is 38.2 Å². The van der Waals surface area contributed by atoms with Crippen molar-refractivity contribution < 1.29 is 9.53 Å². The van der Waals surface area contributed by atoms with E-state index in [0.29, 0.717) is 12.3 Å². The molecule has 0 atom stereocenters. The molecule has 1 aromatic heterocycles. The summed E-state index contributed by atoms with van der Waals surface area (Å²) < 4.78 is 4.81. The summed E-state index contributed by atoms with van der Waals surface area (Å²) in [5.74, 6) is -0.517. The summed E-state index contributed by atoms with van der Waals surface area (Å²) in [6, 6.07) is 0. The van der Waals surface area contributed by atoms with Gasteiger partial charge < -0.3 is 9.72 Å². The standard InChI is InChI=1S/C11H14N2O4/c1-3-6-17-9(14)5-4-8-7(2)12-11(16)13-10(8)15/h4-5H,3,6H2,1-2H3,(H2,12,13,15,16)/b5-4+. The van der Waals surface area contributed by atoms with Crippen LogP contribution in [0.3, 0.4) is 0 Å². The Morgan fingerprint density at radius 1 is 1.35 bits per heavy atom. The van der Waals surface area contributed by atoms with Crippen LogP contribution >= 0.6 is 0 Å². The first-order valence-electron chi connectivity index (χ1n) is 5.22. The molecule has 0 amide bonds. The Morgan fingerprint density at radius 3 is 2.65 bits per heavy atom. The summed E-state index contributed by atoms with van der Waals surface area (Å²) in [5, 5.41) is 0. The maximum Gasteiger partial charge on any atom is 0.330 e. The van der Waals surface area contributed by atoms with Crippen molar-refractivity contribution in [2.75, 3.05) is 6.61 Å². The fourth-order valence-electron chi connectivity index (χ4n) is 1.21. The van der Waals surface area contributed by atoms with E-state index in [0.717, 1.165) is 12.5 Å². The van der Waals surface area contributed by atoms with Gasteiger partial charge in [0, 0.05) is 11.8 Å². The van der Waals surface area contributed by atoms with Gasteiger partial charge in [0.2, 0.25) is 0 Å². The molecule has 0 aliphatic rings. The predicted molar refractivity (Wildman–Crippen MR) is 62.7 cm³/mol. The van der Waals surface area contributed by atoms with Crippen LogP contribution in [0.4, 0.5) is 0 Å². The molecule has 0 aliphatic carbocycles. The first-order valence-corrected chi connectivity index (χ1v) is 5.22. The second-order valence-corrected chi connectivity index (χ2v) is 3.45. The van der Waals surface area contributed by atoms with Gasteiger partial charge >= 0.3 is 11.7 Å². The Labute approximate surface area is 97.3 Å². The number of nitrogens with one attached hydrogen (secondary N) is 2. The van der Waals surface area contributed by atoms with Gasteiger partial charge in [-0.05, 0) is 19.4 Å². The van der Waals surface area contributed by atoms with Crippen LogP contribution in [0, 0.1) is 6.92 Å². The van der Waals surface area contributed by atoms with Crippen molar-refractivity contribution in [3.63, 3.8) is 0 Å². The van der Waals surface area contributed by atoms with Crippen LogP contribution in [0.25, 0.3) is 6.08 Å². The number of carbonyl (C=O) groups is 1. The van der Waals surface area contributed by atoms with Gasteiger partial charge in [0.1, 0.15) is 0 Å². The number of rotatable bonds is 4. The minimum Gasteiger partial charge on any atom is -0.463 e. The number of aromatic amines is 2. The molecule has 1 aromatic rings. The quantitative estimate of drug-likeness (QED) is 0.584. The molecule has 0 radical (unpaired) electrons. The molecule has 1 rings (SSSR count). The van der Waals surface area contributed by atoms with Crippen molar-refractivity contribution in [3.8, 4) is 0 Å². The first-order chi connectivity index (χ1) is 8.04. The summed E-state index contributed by atoms with van der Waals surface area (Å²) in [7, 11) is 0. The molecule has 2 N–H and O–H groups in total. The van der Waals surface area contributed by atoms with E-state index in [1.54, 1.807) is 6.92 Å². The summed E-state index contributed by atoms with van der Waals surface area (Å²) in [5.41, 5.74) is -0.472. The molecule has 92 valence electrons. The Morgan fingerprint density at radius 2 is 2.06 bits per heavy atom. The van der Waals surface area contributed by atoms with E-state index in [2.05, 4.69) is 9.97 Å². The molecule has 0 fully saturated rings. The van der Waals surface area contributed by atoms with Crippen LogP contribution in [-0.2, 0) is 9.53 Å². The molecule has 0 saturated carbocycles. The lowest BCUT2D eigenvalue weighted by molar-refractivity contribution is -0.137. The zero-order chi connectivity index (χ0) is 12.8. The van der Waals surface area contributed by atoms with Gasteiger partial charge in [-0.2, -0.15) is 0 Å². The fraction of sp³-hybridized carbons (Fsp3) is 0.364. The summed E-state index contributed by atoms with van der Waals surface area (Å²) in [6.07, 6.45) is 3.21. The second kappa shape index (κ2) is 5.83. The fourth-order valence-corrected chi connectivity index (χ4v) is 1.21. The minimum absolute atomic E-state index is 0.234. The van der Waals surface area contributed by atoms with E-state index >= 15 is 0 Å². The van der Waals surface area contributed by atoms with E-state index in [1.165, 1.54) is 6.08 Å². The van der Waals surface area contributed by atoms with E-state index in [1.807, 2.05) is 6.92 Å². The van der Waals surface area contributed by atoms with Crippen molar-refractivity contribution in [1.29, 1.82) is 0 Å². The first kappa shape index (κ1) is 13.0. The molecule has 6 heteroatoms. The van der Waals surface area contributed by atoms with Crippen LogP contribution in [-0.4, -0.2) is 22.5 Å². The van der Waals surface area contributed by atoms with E-state index in [4.69, 9.17) is 4.74 Å². The van der Waals surface area contributed by atoms with Crippen molar-refractivity contribution in [2.45, 2.75) is 20.3 Å². The van der Waals surface area contributed by atoms with Gasteiger partial charge in [0.15, 0.2) is 0 Å². The van der Waals surface area contributed by atoms with Crippen LogP contribution in [0.1, 0.15) is 24.6 Å². The topological polar surface area (TPSA) is 92.0 Å². The monoisotopic (exact) mass is 238 g/mol. The highest BCUT2D eigenvalue weighted by atomic mass is 16.5. The van der Waals surface area contributed by atoms with Crippen molar-refractivity contribution in [1.82, 2.24) is 9.97 Å². The third-order valence-electron chi connectivity index (χ3n) is 2.01. The number of ether oxygens (including phenoxy) is 1. The predicted octanol–water partition coefficient (Wildman–Crippen LogP) is 0.338. The Bertz CT molecular complexity index is 539. The zero-order valence-electron chi connectivity index (χ0n) is 9.70. The molecule has 1 heterocycles. The highest BCUT2D eigenvalue weighted by molar-refractivity contribution is 5.87. The Balaban J connectivity index is 2.89. The molecule has 0 saturated heterocycles. The lowest BCUT2D eigenvalue weighted by Gasteiger charge is -1.99. The third-order valence-corrected chi connectivity index (χ3v) is 2.01. The molecule has 17 heavy (non-hydrogen) atoms. The largest absolute Gasteiger partial charge is 0.463 e. The Hall–Kier alpha value is -2.11. The summed E-state index contributed by atoms with van der Waals surface area (Å²) in [6.45, 7) is 3.80. The maximum absolute atomic E-state index is 11.4. The molecule has 0 aromatic carbocycles. The van der Waals surface area contributed by atoms with Gasteiger partial charge in [-0.3, -0.25) is 9.78 Å². The van der Waals surface area contributed by atoms with Gasteiger partial charge in [-0.15, -0.1) is 0 Å². The molecule has 0 spiro atoms. The van der Waals surface area contributed by atoms with Crippen molar-refractivity contribution >= 4 is 12.0 Å². The van der Waals surface area contributed by atoms with Crippen molar-refractivity contribution in [2.24, 2.45) is 0 Å². The highest BCUT2D eigenvalue weighted by Gasteiger charge is 2.03. The van der Waals surface area contributed by atoms with E-state index in [-0.39, 0.29) is 5.56 Å². The summed E-state index contributed by atoms with van der Waals surface area (Å²) in [4.78, 5) is 38.0. The molecular formula is C11H14N2O4. The smallest absolute Gasteiger partial charge is 0.330 e. The van der Waals surface area contributed by atoms with Crippen LogP contribution < -0.4 is 11.2 Å². The number of hydrogen-bond acceptors (Lipinski definition) is 4. The molecule has 0 bridgehead atoms. The van der Waals surface area contributed by atoms with Gasteiger partial charge in [-0.1, -0.05) is 6.92 Å². The lowest BCUT2D eigenvalue weighted by atomic mass is 10.2. The summed E-state index contributed by atoms with van der Waals surface area (Å²) >= 11 is 0. The molecule has 6 nitrogen and oxygen atoms in total. The van der Waals surface area contributed by atoms with Crippen LogP contribution in [0.15, 0.2) is 15.7 Å². The Kier molecular flexibility index (Phi) is 4.45. The molecule has 0 aliphatic heterocycles. The van der Waals surface area contributed by atoms with Gasteiger partial charge in [0.25, 0.3) is 5.56 Å². The minimum atomic E-state index is -0.571. The lowest BCUT2D eigenvalue weighted by Crippen LogP contribution is -2.25. The molecular weight excluding hydrogens is 224 g/mol. The highest BCUT2D eigenvalue weighted by Crippen LogP contribution is 1.98. The number of aryl methyl sites for hydroxylation is 1. The third kappa shape index (κ3) is 3.75. The van der Waals surface area contributed by atoms with Crippen LogP contribution in [0.5, 0.6) is 0 Å². The SMILES string of the molecule is CCCOC(=O)/C=C/c1c(C)[nH]c(=O)[nH]c1=O. The second-order valence-electron chi connectivity index (χ2n) is 3.45. The van der Waals surface area contributed by atoms with Crippen LogP contribution in [0.2, 0.25) is 0 Å². The number of aromatic nitrogens is 2. The van der Waals surface area contributed by atoms with Gasteiger partial charge in [-0.25, -0.2) is 9.59 Å². The van der Waals surface area contributed by atoms with Gasteiger partial charge in [0.05, 0.1) is 12.2 Å². The van der Waals surface area contributed by atoms with E-state index < -0.39 is 17.2 Å². The number of carbonyl (C=O) groups excluding carboxylic acids is 1. The maximum atomic E-state index is 11.4. The van der Waals surface area contributed by atoms with E-state index in [9.17, 15) is 14.4 Å². The number of esters is 1. The number of H-pyrrole nitrogens is 2. The molecule has 0 unspecified atom stereocenters. The average Bonchev–Trinajstić information content (AvgIpc) is 2.24. The average molecular weight is 238 g/mol. The zero-order valence-corrected chi connectivity index (χ0v) is 9.70.